The maximum Gasteiger partial charge on any atom is 0.0927 e. The van der Waals surface area contributed by atoms with E-state index in [1.807, 2.05) is 0 Å². The van der Waals surface area contributed by atoms with Gasteiger partial charge in [0.1, 0.15) is 0 Å². The van der Waals surface area contributed by atoms with E-state index in [0.29, 0.717) is 6.54 Å². The van der Waals surface area contributed by atoms with Crippen molar-refractivity contribution in [1.29, 1.82) is 0 Å². The minimum absolute atomic E-state index is 0.0674. The van der Waals surface area contributed by atoms with Gasteiger partial charge in [-0.3, -0.25) is 0 Å². The second kappa shape index (κ2) is 6.43. The van der Waals surface area contributed by atoms with Crippen LogP contribution < -0.4 is 5.32 Å². The topological polar surface area (TPSA) is 72.7 Å². The molecule has 0 bridgehead atoms. The highest BCUT2D eigenvalue weighted by Gasteiger charge is 2.36. The van der Waals surface area contributed by atoms with Crippen molar-refractivity contribution >= 4 is 0 Å². The zero-order valence-corrected chi connectivity index (χ0v) is 9.39. The average Bonchev–Trinajstić information content (AvgIpc) is 2.24. The molecule has 4 nitrogen and oxygen atoms in total. The third-order valence-corrected chi connectivity index (χ3v) is 3.27. The molecule has 1 heterocycles. The number of piperidine rings is 1. The highest BCUT2D eigenvalue weighted by molar-refractivity contribution is 4.91. The first kappa shape index (κ1) is 12.9. The van der Waals surface area contributed by atoms with E-state index in [9.17, 15) is 15.3 Å². The normalized spacial score (nSPS) is 36.8. The van der Waals surface area contributed by atoms with Crippen LogP contribution in [-0.4, -0.2) is 46.7 Å². The molecule has 4 heteroatoms. The second-order valence-electron chi connectivity index (χ2n) is 4.41. The van der Waals surface area contributed by atoms with Crippen molar-refractivity contribution in [2.75, 3.05) is 13.2 Å². The number of aliphatic hydroxyl groups excluding tert-OH is 3. The third kappa shape index (κ3) is 3.41. The third-order valence-electron chi connectivity index (χ3n) is 3.27. The van der Waals surface area contributed by atoms with Crippen LogP contribution in [0, 0.1) is 5.92 Å². The molecule has 0 radical (unpaired) electrons. The van der Waals surface area contributed by atoms with Crippen molar-refractivity contribution in [2.45, 2.75) is 50.9 Å². The maximum absolute atomic E-state index is 9.71. The lowest BCUT2D eigenvalue weighted by Crippen LogP contribution is -2.57. The van der Waals surface area contributed by atoms with Crippen LogP contribution in [0.2, 0.25) is 0 Å². The zero-order chi connectivity index (χ0) is 11.3. The number of aliphatic hydroxyl groups is 3. The fourth-order valence-electron chi connectivity index (χ4n) is 2.23. The van der Waals surface area contributed by atoms with E-state index < -0.39 is 12.2 Å². The van der Waals surface area contributed by atoms with Gasteiger partial charge in [0.2, 0.25) is 0 Å². The van der Waals surface area contributed by atoms with Crippen molar-refractivity contribution < 1.29 is 15.3 Å². The molecule has 0 aromatic heterocycles. The summed E-state index contributed by atoms with van der Waals surface area (Å²) in [6, 6.07) is 0.139. The van der Waals surface area contributed by atoms with Crippen molar-refractivity contribution in [1.82, 2.24) is 5.32 Å². The first-order valence-corrected chi connectivity index (χ1v) is 5.91. The second-order valence-corrected chi connectivity index (χ2v) is 4.41. The van der Waals surface area contributed by atoms with E-state index in [0.717, 1.165) is 12.8 Å². The molecule has 0 amide bonds. The molecule has 1 saturated heterocycles. The molecule has 1 fully saturated rings. The maximum atomic E-state index is 9.71. The lowest BCUT2D eigenvalue weighted by atomic mass is 9.84. The fraction of sp³-hybridized carbons (Fsp3) is 1.00. The number of β-amino-alcohol motifs (C(OH)–C–C–N with tert-alkyl or cyclic N) is 1. The van der Waals surface area contributed by atoms with Crippen molar-refractivity contribution in [3.8, 4) is 0 Å². The van der Waals surface area contributed by atoms with E-state index in [2.05, 4.69) is 12.2 Å². The molecule has 4 N–H and O–H groups in total. The van der Waals surface area contributed by atoms with E-state index in [-0.39, 0.29) is 18.6 Å². The Morgan fingerprint density at radius 1 is 1.27 bits per heavy atom. The molecule has 15 heavy (non-hydrogen) atoms. The van der Waals surface area contributed by atoms with E-state index in [1.165, 1.54) is 12.8 Å². The number of hydrogen-bond donors (Lipinski definition) is 4. The van der Waals surface area contributed by atoms with Crippen molar-refractivity contribution in [2.24, 2.45) is 5.92 Å². The van der Waals surface area contributed by atoms with Gasteiger partial charge in [-0.1, -0.05) is 26.2 Å². The van der Waals surface area contributed by atoms with Crippen LogP contribution in [0.1, 0.15) is 32.6 Å². The van der Waals surface area contributed by atoms with Crippen LogP contribution in [0.3, 0.4) is 0 Å². The van der Waals surface area contributed by atoms with Crippen LogP contribution in [0.25, 0.3) is 0 Å². The van der Waals surface area contributed by atoms with Gasteiger partial charge < -0.3 is 20.6 Å². The molecule has 0 saturated carbocycles. The molecular formula is C11H23NO3. The molecule has 0 aromatic rings. The van der Waals surface area contributed by atoms with Crippen LogP contribution in [0.15, 0.2) is 0 Å². The van der Waals surface area contributed by atoms with Crippen LogP contribution in [-0.2, 0) is 0 Å². The predicted molar refractivity (Wildman–Crippen MR) is 58.5 cm³/mol. The average molecular weight is 217 g/mol. The van der Waals surface area contributed by atoms with E-state index in [1.54, 1.807) is 0 Å². The van der Waals surface area contributed by atoms with Crippen LogP contribution in [0.5, 0.6) is 0 Å². The first-order valence-electron chi connectivity index (χ1n) is 5.91. The Hall–Kier alpha value is -0.160. The fourth-order valence-corrected chi connectivity index (χ4v) is 2.23. The van der Waals surface area contributed by atoms with Gasteiger partial charge in [0.05, 0.1) is 12.2 Å². The van der Waals surface area contributed by atoms with Gasteiger partial charge in [0.25, 0.3) is 0 Å². The summed E-state index contributed by atoms with van der Waals surface area (Å²) >= 11 is 0. The number of rotatable bonds is 5. The molecule has 90 valence electrons. The number of unbranched alkanes of at least 4 members (excludes halogenated alkanes) is 2. The Labute approximate surface area is 91.3 Å². The molecule has 0 aliphatic carbocycles. The van der Waals surface area contributed by atoms with Crippen LogP contribution >= 0.6 is 0 Å². The summed E-state index contributed by atoms with van der Waals surface area (Å²) in [4.78, 5) is 0. The highest BCUT2D eigenvalue weighted by Crippen LogP contribution is 2.21. The molecule has 0 unspecified atom stereocenters. The molecule has 1 aliphatic rings. The SMILES string of the molecule is CCCCC[C@H]1NC[C@@H](O)[C@@H](O)[C@H]1CO. The Morgan fingerprint density at radius 3 is 2.60 bits per heavy atom. The summed E-state index contributed by atoms with van der Waals surface area (Å²) in [5.74, 6) is -0.231. The highest BCUT2D eigenvalue weighted by atomic mass is 16.3. The summed E-state index contributed by atoms with van der Waals surface area (Å²) in [5.41, 5.74) is 0. The molecular weight excluding hydrogens is 194 g/mol. The molecule has 1 aliphatic heterocycles. The quantitative estimate of drug-likeness (QED) is 0.484. The summed E-state index contributed by atoms with van der Waals surface area (Å²) < 4.78 is 0. The standard InChI is InChI=1S/C11H23NO3/c1-2-3-4-5-9-8(7-13)11(15)10(14)6-12-9/h8-15H,2-7H2,1H3/t8-,9+,10+,11-/m0/s1. The molecule has 0 spiro atoms. The summed E-state index contributed by atoms with van der Waals surface area (Å²) in [6.45, 7) is 2.51. The van der Waals surface area contributed by atoms with E-state index >= 15 is 0 Å². The Morgan fingerprint density at radius 2 is 2.00 bits per heavy atom. The van der Waals surface area contributed by atoms with Gasteiger partial charge in [-0.15, -0.1) is 0 Å². The lowest BCUT2D eigenvalue weighted by molar-refractivity contribution is -0.0679. The van der Waals surface area contributed by atoms with Crippen molar-refractivity contribution in [3.05, 3.63) is 0 Å². The monoisotopic (exact) mass is 217 g/mol. The molecule has 0 aromatic carbocycles. The van der Waals surface area contributed by atoms with Gasteiger partial charge in [-0.2, -0.15) is 0 Å². The van der Waals surface area contributed by atoms with Gasteiger partial charge in [-0.25, -0.2) is 0 Å². The summed E-state index contributed by atoms with van der Waals surface area (Å²) in [6.07, 6.45) is 2.87. The minimum Gasteiger partial charge on any atom is -0.396 e. The van der Waals surface area contributed by atoms with Crippen molar-refractivity contribution in [3.63, 3.8) is 0 Å². The van der Waals surface area contributed by atoms with Gasteiger partial charge in [0, 0.05) is 25.1 Å². The summed E-state index contributed by atoms with van der Waals surface area (Å²) in [7, 11) is 0. The van der Waals surface area contributed by atoms with Gasteiger partial charge in [-0.05, 0) is 6.42 Å². The van der Waals surface area contributed by atoms with Gasteiger partial charge >= 0.3 is 0 Å². The zero-order valence-electron chi connectivity index (χ0n) is 9.39. The Kier molecular flexibility index (Phi) is 5.53. The molecule has 1 rings (SSSR count). The predicted octanol–water partition coefficient (Wildman–Crippen LogP) is -0.131. The summed E-state index contributed by atoms with van der Waals surface area (Å²) in [5, 5.41) is 31.5. The van der Waals surface area contributed by atoms with Gasteiger partial charge in [0.15, 0.2) is 0 Å². The molecule has 4 atom stereocenters. The minimum atomic E-state index is -0.789. The number of nitrogens with one attached hydrogen (secondary N) is 1. The lowest BCUT2D eigenvalue weighted by Gasteiger charge is -2.38. The number of hydrogen-bond acceptors (Lipinski definition) is 4. The largest absolute Gasteiger partial charge is 0.396 e. The first-order chi connectivity index (χ1) is 7.20. The Balaban J connectivity index is 2.41. The smallest absolute Gasteiger partial charge is 0.0927 e. The van der Waals surface area contributed by atoms with Crippen LogP contribution in [0.4, 0.5) is 0 Å². The Bertz CT molecular complexity index is 177. The van der Waals surface area contributed by atoms with E-state index in [4.69, 9.17) is 0 Å².